The normalized spacial score (nSPS) is 12.6. The van der Waals surface area contributed by atoms with Gasteiger partial charge in [-0.3, -0.25) is 0 Å². The molecule has 2 aromatic rings. The molecule has 19 heavy (non-hydrogen) atoms. The van der Waals surface area contributed by atoms with Crippen molar-refractivity contribution in [2.45, 2.75) is 19.4 Å². The van der Waals surface area contributed by atoms with Crippen LogP contribution >= 0.6 is 34.5 Å². The van der Waals surface area contributed by atoms with Crippen LogP contribution in [0.25, 0.3) is 0 Å². The predicted molar refractivity (Wildman–Crippen MR) is 80.9 cm³/mol. The summed E-state index contributed by atoms with van der Waals surface area (Å²) in [5.41, 5.74) is 0.614. The number of hydrogen-bond acceptors (Lipinski definition) is 2. The number of hydrogen-bond donors (Lipinski definition) is 1. The number of halogens is 3. The van der Waals surface area contributed by atoms with Gasteiger partial charge in [-0.15, -0.1) is 11.3 Å². The van der Waals surface area contributed by atoms with Crippen molar-refractivity contribution in [1.82, 2.24) is 5.32 Å². The van der Waals surface area contributed by atoms with Gasteiger partial charge in [-0.1, -0.05) is 42.3 Å². The molecule has 1 aromatic carbocycles. The van der Waals surface area contributed by atoms with Crippen molar-refractivity contribution < 1.29 is 4.39 Å². The van der Waals surface area contributed by atoms with Crippen LogP contribution in [0.5, 0.6) is 0 Å². The van der Waals surface area contributed by atoms with Crippen molar-refractivity contribution in [3.05, 3.63) is 55.9 Å². The van der Waals surface area contributed by atoms with Gasteiger partial charge < -0.3 is 5.32 Å². The largest absolute Gasteiger partial charge is 0.309 e. The Morgan fingerprint density at radius 1 is 1.26 bits per heavy atom. The number of benzene rings is 1. The van der Waals surface area contributed by atoms with Crippen LogP contribution in [0.3, 0.4) is 0 Å². The van der Waals surface area contributed by atoms with Crippen LogP contribution in [0, 0.1) is 5.82 Å². The molecule has 0 fully saturated rings. The van der Waals surface area contributed by atoms with E-state index >= 15 is 0 Å². The molecule has 1 heterocycles. The van der Waals surface area contributed by atoms with Gasteiger partial charge in [0, 0.05) is 10.9 Å². The molecule has 0 radical (unpaired) electrons. The maximum absolute atomic E-state index is 13.9. The van der Waals surface area contributed by atoms with Gasteiger partial charge in [-0.05, 0) is 36.7 Å². The summed E-state index contributed by atoms with van der Waals surface area (Å²) in [6, 6.07) is 8.98. The van der Waals surface area contributed by atoms with Gasteiger partial charge in [0.2, 0.25) is 0 Å². The van der Waals surface area contributed by atoms with Crippen molar-refractivity contribution in [3.63, 3.8) is 0 Å². The number of nitrogens with one attached hydrogen (secondary N) is 1. The Morgan fingerprint density at radius 2 is 2.05 bits per heavy atom. The Balaban J connectivity index is 2.23. The van der Waals surface area contributed by atoms with Crippen LogP contribution in [-0.4, -0.2) is 6.54 Å². The van der Waals surface area contributed by atoms with Gasteiger partial charge in [-0.25, -0.2) is 4.39 Å². The van der Waals surface area contributed by atoms with Crippen LogP contribution in [0.4, 0.5) is 4.39 Å². The van der Waals surface area contributed by atoms with E-state index < -0.39 is 0 Å². The standard InChI is InChI=1S/C14H14Cl2FNS/c1-2-18-11(12-6-7-13(16)19-12)8-9-4-3-5-10(15)14(9)17/h3-7,11,18H,2,8H2,1H3. The maximum atomic E-state index is 13.9. The molecule has 0 bridgehead atoms. The monoisotopic (exact) mass is 317 g/mol. The van der Waals surface area contributed by atoms with Crippen molar-refractivity contribution in [1.29, 1.82) is 0 Å². The fourth-order valence-corrected chi connectivity index (χ4v) is 3.29. The molecule has 0 aliphatic heterocycles. The highest BCUT2D eigenvalue weighted by Crippen LogP contribution is 2.30. The molecule has 0 saturated carbocycles. The second-order valence-corrected chi connectivity index (χ2v) is 6.32. The molecular formula is C14H14Cl2FNS. The third-order valence-electron chi connectivity index (χ3n) is 2.84. The quantitative estimate of drug-likeness (QED) is 0.810. The van der Waals surface area contributed by atoms with E-state index in [0.717, 1.165) is 15.8 Å². The Labute approximate surface area is 126 Å². The molecule has 2 rings (SSSR count). The van der Waals surface area contributed by atoms with E-state index in [9.17, 15) is 4.39 Å². The zero-order valence-corrected chi connectivity index (χ0v) is 12.7. The summed E-state index contributed by atoms with van der Waals surface area (Å²) in [6.45, 7) is 2.83. The lowest BCUT2D eigenvalue weighted by Crippen LogP contribution is -2.22. The molecule has 0 amide bonds. The van der Waals surface area contributed by atoms with E-state index in [4.69, 9.17) is 23.2 Å². The van der Waals surface area contributed by atoms with E-state index in [0.29, 0.717) is 12.0 Å². The zero-order valence-electron chi connectivity index (χ0n) is 10.4. The van der Waals surface area contributed by atoms with Crippen molar-refractivity contribution in [2.75, 3.05) is 6.54 Å². The van der Waals surface area contributed by atoms with Crippen LogP contribution in [0.2, 0.25) is 9.36 Å². The molecule has 102 valence electrons. The predicted octanol–water partition coefficient (Wildman–Crippen LogP) is 5.09. The number of thiophene rings is 1. The molecule has 5 heteroatoms. The smallest absolute Gasteiger partial charge is 0.145 e. The highest BCUT2D eigenvalue weighted by molar-refractivity contribution is 7.16. The van der Waals surface area contributed by atoms with E-state index in [1.807, 2.05) is 19.1 Å². The zero-order chi connectivity index (χ0) is 13.8. The van der Waals surface area contributed by atoms with Crippen molar-refractivity contribution >= 4 is 34.5 Å². The first kappa shape index (κ1) is 14.8. The Hall–Kier alpha value is -0.610. The van der Waals surface area contributed by atoms with Crippen LogP contribution in [0.15, 0.2) is 30.3 Å². The summed E-state index contributed by atoms with van der Waals surface area (Å²) in [5.74, 6) is -0.338. The number of likely N-dealkylation sites (N-methyl/N-ethyl adjacent to an activating group) is 1. The van der Waals surface area contributed by atoms with Crippen LogP contribution in [0.1, 0.15) is 23.4 Å². The van der Waals surface area contributed by atoms with Gasteiger partial charge in [0.1, 0.15) is 5.82 Å². The van der Waals surface area contributed by atoms with E-state index in [2.05, 4.69) is 5.32 Å². The Morgan fingerprint density at radius 3 is 2.68 bits per heavy atom. The molecule has 1 atom stereocenters. The SMILES string of the molecule is CCNC(Cc1cccc(Cl)c1F)c1ccc(Cl)s1. The van der Waals surface area contributed by atoms with Crippen molar-refractivity contribution in [2.24, 2.45) is 0 Å². The topological polar surface area (TPSA) is 12.0 Å². The molecule has 1 aromatic heterocycles. The lowest BCUT2D eigenvalue weighted by molar-refractivity contribution is 0.534. The molecule has 1 N–H and O–H groups in total. The van der Waals surface area contributed by atoms with Gasteiger partial charge in [-0.2, -0.15) is 0 Å². The minimum Gasteiger partial charge on any atom is -0.309 e. The second-order valence-electron chi connectivity index (χ2n) is 4.17. The first-order valence-corrected chi connectivity index (χ1v) is 7.60. The molecular weight excluding hydrogens is 304 g/mol. The fraction of sp³-hybridized carbons (Fsp3) is 0.286. The summed E-state index contributed by atoms with van der Waals surface area (Å²) in [4.78, 5) is 1.10. The summed E-state index contributed by atoms with van der Waals surface area (Å²) in [6.07, 6.45) is 0.553. The van der Waals surface area contributed by atoms with Gasteiger partial charge in [0.05, 0.1) is 9.36 Å². The third-order valence-corrected chi connectivity index (χ3v) is 4.48. The van der Waals surface area contributed by atoms with Crippen LogP contribution in [-0.2, 0) is 6.42 Å². The Kier molecular flexibility index (Phi) is 5.22. The summed E-state index contributed by atoms with van der Waals surface area (Å²) in [7, 11) is 0. The molecule has 0 aliphatic rings. The van der Waals surface area contributed by atoms with Gasteiger partial charge >= 0.3 is 0 Å². The van der Waals surface area contributed by atoms with Gasteiger partial charge in [0.25, 0.3) is 0 Å². The number of rotatable bonds is 5. The minimum atomic E-state index is -0.338. The lowest BCUT2D eigenvalue weighted by atomic mass is 10.0. The Bertz CT molecular complexity index is 556. The fourth-order valence-electron chi connectivity index (χ4n) is 1.96. The summed E-state index contributed by atoms with van der Waals surface area (Å²) in [5, 5.41) is 3.51. The summed E-state index contributed by atoms with van der Waals surface area (Å²) < 4.78 is 14.7. The highest BCUT2D eigenvalue weighted by atomic mass is 35.5. The molecule has 0 spiro atoms. The van der Waals surface area contributed by atoms with Crippen LogP contribution < -0.4 is 5.32 Å². The molecule has 1 unspecified atom stereocenters. The molecule has 0 saturated heterocycles. The van der Waals surface area contributed by atoms with E-state index in [-0.39, 0.29) is 16.9 Å². The first-order valence-electron chi connectivity index (χ1n) is 6.03. The van der Waals surface area contributed by atoms with Crippen molar-refractivity contribution in [3.8, 4) is 0 Å². The minimum absolute atomic E-state index is 0.0514. The average Bonchev–Trinajstić information content (AvgIpc) is 2.81. The van der Waals surface area contributed by atoms with E-state index in [1.165, 1.54) is 11.3 Å². The average molecular weight is 318 g/mol. The highest BCUT2D eigenvalue weighted by Gasteiger charge is 2.16. The summed E-state index contributed by atoms with van der Waals surface area (Å²) >= 11 is 13.3. The van der Waals surface area contributed by atoms with Gasteiger partial charge in [0.15, 0.2) is 0 Å². The molecule has 1 nitrogen and oxygen atoms in total. The van der Waals surface area contributed by atoms with E-state index in [1.54, 1.807) is 18.2 Å². The first-order chi connectivity index (χ1) is 9.11. The second kappa shape index (κ2) is 6.71. The lowest BCUT2D eigenvalue weighted by Gasteiger charge is -2.17. The molecule has 0 aliphatic carbocycles. The third kappa shape index (κ3) is 3.69. The maximum Gasteiger partial charge on any atom is 0.145 e.